The van der Waals surface area contributed by atoms with Gasteiger partial charge in [0.1, 0.15) is 0 Å². The van der Waals surface area contributed by atoms with Gasteiger partial charge in [0.05, 0.1) is 16.0 Å². The Balaban J connectivity index is 2.13. The van der Waals surface area contributed by atoms with Crippen molar-refractivity contribution in [1.82, 2.24) is 13.9 Å². The summed E-state index contributed by atoms with van der Waals surface area (Å²) in [6.07, 6.45) is 0. The molecule has 1 unspecified atom stereocenters. The van der Waals surface area contributed by atoms with E-state index in [0.29, 0.717) is 6.04 Å². The highest BCUT2D eigenvalue weighted by atomic mass is 32.2. The summed E-state index contributed by atoms with van der Waals surface area (Å²) >= 11 is 1.62. The molecule has 7 heteroatoms. The molecule has 6 nitrogen and oxygen atoms in total. The fourth-order valence-corrected chi connectivity index (χ4v) is 3.37. The third kappa shape index (κ3) is 1.98. The van der Waals surface area contributed by atoms with E-state index in [4.69, 9.17) is 0 Å². The molecule has 0 bridgehead atoms. The molecule has 100 valence electrons. The zero-order valence-electron chi connectivity index (χ0n) is 10.7. The maximum Gasteiger partial charge on any atom is 0.271 e. The second-order valence-electron chi connectivity index (χ2n) is 4.61. The SMILES string of the molecule is CCN1Sc2nc3ccc([N+](=O)[O-])cc3n2CC1C. The Morgan fingerprint density at radius 1 is 1.58 bits per heavy atom. The van der Waals surface area contributed by atoms with Gasteiger partial charge in [0.2, 0.25) is 0 Å². The summed E-state index contributed by atoms with van der Waals surface area (Å²) in [7, 11) is 0. The molecule has 0 fully saturated rings. The van der Waals surface area contributed by atoms with E-state index in [1.807, 2.05) is 0 Å². The van der Waals surface area contributed by atoms with Gasteiger partial charge in [-0.2, -0.15) is 0 Å². The van der Waals surface area contributed by atoms with Crippen molar-refractivity contribution in [1.29, 1.82) is 0 Å². The molecule has 0 aliphatic carbocycles. The molecule has 3 rings (SSSR count). The van der Waals surface area contributed by atoms with E-state index in [1.54, 1.807) is 24.1 Å². The van der Waals surface area contributed by atoms with E-state index < -0.39 is 0 Å². The molecule has 2 aromatic rings. The lowest BCUT2D eigenvalue weighted by Crippen LogP contribution is -2.34. The first kappa shape index (κ1) is 12.4. The summed E-state index contributed by atoms with van der Waals surface area (Å²) < 4.78 is 4.35. The van der Waals surface area contributed by atoms with Gasteiger partial charge in [-0.25, -0.2) is 9.29 Å². The van der Waals surface area contributed by atoms with Gasteiger partial charge in [-0.1, -0.05) is 6.92 Å². The highest BCUT2D eigenvalue weighted by molar-refractivity contribution is 7.96. The first-order valence-corrected chi connectivity index (χ1v) is 6.96. The first-order valence-electron chi connectivity index (χ1n) is 6.19. The maximum atomic E-state index is 10.9. The Labute approximate surface area is 114 Å². The third-order valence-corrected chi connectivity index (χ3v) is 4.68. The van der Waals surface area contributed by atoms with Gasteiger partial charge in [-0.3, -0.25) is 10.1 Å². The predicted molar refractivity (Wildman–Crippen MR) is 74.1 cm³/mol. The van der Waals surface area contributed by atoms with E-state index in [9.17, 15) is 10.1 Å². The van der Waals surface area contributed by atoms with Crippen LogP contribution in [0.5, 0.6) is 0 Å². The van der Waals surface area contributed by atoms with E-state index in [0.717, 1.165) is 29.3 Å². The molecule has 0 N–H and O–H groups in total. The summed E-state index contributed by atoms with van der Waals surface area (Å²) in [5, 5.41) is 11.8. The molecule has 0 radical (unpaired) electrons. The summed E-state index contributed by atoms with van der Waals surface area (Å²) in [4.78, 5) is 15.0. The minimum Gasteiger partial charge on any atom is -0.316 e. The van der Waals surface area contributed by atoms with Gasteiger partial charge < -0.3 is 4.57 Å². The van der Waals surface area contributed by atoms with E-state index in [1.165, 1.54) is 6.07 Å². The Morgan fingerprint density at radius 2 is 2.37 bits per heavy atom. The van der Waals surface area contributed by atoms with Crippen molar-refractivity contribution < 1.29 is 4.92 Å². The Kier molecular flexibility index (Phi) is 2.94. The molecule has 0 amide bonds. The van der Waals surface area contributed by atoms with Crippen molar-refractivity contribution in [2.24, 2.45) is 0 Å². The fraction of sp³-hybridized carbons (Fsp3) is 0.417. The van der Waals surface area contributed by atoms with Crippen LogP contribution < -0.4 is 0 Å². The topological polar surface area (TPSA) is 64.2 Å². The minimum absolute atomic E-state index is 0.116. The van der Waals surface area contributed by atoms with Crippen LogP contribution in [0.2, 0.25) is 0 Å². The molecule has 0 saturated carbocycles. The van der Waals surface area contributed by atoms with Gasteiger partial charge in [0.25, 0.3) is 5.69 Å². The summed E-state index contributed by atoms with van der Waals surface area (Å²) in [5.74, 6) is 0. The van der Waals surface area contributed by atoms with E-state index in [2.05, 4.69) is 27.7 Å². The zero-order chi connectivity index (χ0) is 13.6. The third-order valence-electron chi connectivity index (χ3n) is 3.36. The van der Waals surface area contributed by atoms with Crippen molar-refractivity contribution in [2.75, 3.05) is 6.54 Å². The summed E-state index contributed by atoms with van der Waals surface area (Å²) in [5.41, 5.74) is 1.78. The second kappa shape index (κ2) is 4.50. The monoisotopic (exact) mass is 278 g/mol. The van der Waals surface area contributed by atoms with Gasteiger partial charge in [0, 0.05) is 31.3 Å². The normalized spacial score (nSPS) is 19.6. The number of hydrogen-bond acceptors (Lipinski definition) is 5. The van der Waals surface area contributed by atoms with Crippen LogP contribution in [0.15, 0.2) is 23.4 Å². The number of nitro groups is 1. The van der Waals surface area contributed by atoms with Crippen LogP contribution in [0.4, 0.5) is 5.69 Å². The summed E-state index contributed by atoms with van der Waals surface area (Å²) in [6, 6.07) is 5.23. The van der Waals surface area contributed by atoms with Gasteiger partial charge in [-0.05, 0) is 24.9 Å². The van der Waals surface area contributed by atoms with Crippen LogP contribution >= 0.6 is 11.9 Å². The van der Waals surface area contributed by atoms with Crippen molar-refractivity contribution in [3.05, 3.63) is 28.3 Å². The highest BCUT2D eigenvalue weighted by Gasteiger charge is 2.26. The molecule has 1 aliphatic heterocycles. The van der Waals surface area contributed by atoms with Crippen LogP contribution in [0, 0.1) is 10.1 Å². The minimum atomic E-state index is -0.364. The number of rotatable bonds is 2. The zero-order valence-corrected chi connectivity index (χ0v) is 11.6. The molecular formula is C12H14N4O2S. The lowest BCUT2D eigenvalue weighted by molar-refractivity contribution is -0.384. The fourth-order valence-electron chi connectivity index (χ4n) is 2.38. The molecule has 1 aliphatic rings. The largest absolute Gasteiger partial charge is 0.316 e. The van der Waals surface area contributed by atoms with Crippen LogP contribution in [0.3, 0.4) is 0 Å². The number of imidazole rings is 1. The molecule has 0 spiro atoms. The Morgan fingerprint density at radius 3 is 3.05 bits per heavy atom. The average Bonchev–Trinajstić information content (AvgIpc) is 2.74. The number of likely N-dealkylation sites (N-methyl/N-ethyl adjacent to an activating group) is 1. The number of nitrogens with zero attached hydrogens (tertiary/aromatic N) is 4. The van der Waals surface area contributed by atoms with Crippen molar-refractivity contribution in [2.45, 2.75) is 31.6 Å². The molecule has 1 atom stereocenters. The first-order chi connectivity index (χ1) is 9.10. The van der Waals surface area contributed by atoms with Gasteiger partial charge >= 0.3 is 0 Å². The molecule has 19 heavy (non-hydrogen) atoms. The smallest absolute Gasteiger partial charge is 0.271 e. The number of non-ortho nitro benzene ring substituents is 1. The number of benzene rings is 1. The number of hydrogen-bond donors (Lipinski definition) is 0. The van der Waals surface area contributed by atoms with Crippen LogP contribution in [-0.4, -0.2) is 31.4 Å². The van der Waals surface area contributed by atoms with E-state index in [-0.39, 0.29) is 10.6 Å². The van der Waals surface area contributed by atoms with Crippen LogP contribution in [0.1, 0.15) is 13.8 Å². The molecule has 1 aromatic heterocycles. The second-order valence-corrected chi connectivity index (χ2v) is 5.63. The lowest BCUT2D eigenvalue weighted by Gasteiger charge is -2.31. The molecule has 0 saturated heterocycles. The number of aromatic nitrogens is 2. The van der Waals surface area contributed by atoms with Gasteiger partial charge in [-0.15, -0.1) is 0 Å². The maximum absolute atomic E-state index is 10.9. The highest BCUT2D eigenvalue weighted by Crippen LogP contribution is 2.34. The van der Waals surface area contributed by atoms with E-state index >= 15 is 0 Å². The number of nitro benzene ring substituents is 1. The molecule has 1 aromatic carbocycles. The lowest BCUT2D eigenvalue weighted by atomic mass is 10.2. The average molecular weight is 278 g/mol. The van der Waals surface area contributed by atoms with Crippen molar-refractivity contribution >= 4 is 28.7 Å². The standard InChI is InChI=1S/C12H14N4O2S/c1-3-15-8(2)7-14-11-6-9(16(17)18)4-5-10(11)13-12(14)19-15/h4-6,8H,3,7H2,1-2H3. The van der Waals surface area contributed by atoms with Crippen LogP contribution in [0.25, 0.3) is 11.0 Å². The predicted octanol–water partition coefficient (Wildman–Crippen LogP) is 2.68. The summed E-state index contributed by atoms with van der Waals surface area (Å²) in [6.45, 7) is 6.04. The molecular weight excluding hydrogens is 264 g/mol. The Hall–Kier alpha value is -1.60. The van der Waals surface area contributed by atoms with Gasteiger partial charge in [0.15, 0.2) is 5.16 Å². The van der Waals surface area contributed by atoms with Crippen LogP contribution in [-0.2, 0) is 6.54 Å². The van der Waals surface area contributed by atoms with Crippen molar-refractivity contribution in [3.8, 4) is 0 Å². The quantitative estimate of drug-likeness (QED) is 0.480. The number of fused-ring (bicyclic) bond motifs is 3. The molecule has 2 heterocycles. The Bertz CT molecular complexity index is 654. The van der Waals surface area contributed by atoms with Crippen molar-refractivity contribution in [3.63, 3.8) is 0 Å².